The predicted molar refractivity (Wildman–Crippen MR) is 48.1 cm³/mol. The first-order valence-corrected chi connectivity index (χ1v) is 3.86. The average Bonchev–Trinajstić information content (AvgIpc) is 2.00. The number of benzene rings is 1. The van der Waals surface area contributed by atoms with Crippen LogP contribution in [0.4, 0.5) is 0 Å². The fraction of sp³-hybridized carbons (Fsp3) is 0.300. The van der Waals surface area contributed by atoms with E-state index in [4.69, 9.17) is 5.73 Å². The van der Waals surface area contributed by atoms with Gasteiger partial charge in [0.05, 0.1) is 0 Å². The summed E-state index contributed by atoms with van der Waals surface area (Å²) in [5.74, 6) is -0.601. The molecule has 0 heterocycles. The molecule has 0 unspecified atom stereocenters. The van der Waals surface area contributed by atoms with E-state index in [0.717, 1.165) is 16.7 Å². The Balaban J connectivity index is 3.36. The van der Waals surface area contributed by atoms with Crippen molar-refractivity contribution in [1.82, 2.24) is 5.73 Å². The van der Waals surface area contributed by atoms with E-state index in [2.05, 4.69) is 0 Å². The van der Waals surface area contributed by atoms with Crippen LogP contribution in [-0.2, 0) is 0 Å². The number of hydrogen-bond acceptors (Lipinski definition) is 1. The molecule has 0 spiro atoms. The third kappa shape index (κ3) is 1.33. The molecule has 0 bridgehead atoms. The first-order chi connectivity index (χ1) is 5.54. The third-order valence-corrected chi connectivity index (χ3v) is 2.30. The third-order valence-electron chi connectivity index (χ3n) is 2.30. The van der Waals surface area contributed by atoms with E-state index in [-0.39, 0.29) is 0 Å². The van der Waals surface area contributed by atoms with Crippen molar-refractivity contribution < 1.29 is 4.79 Å². The van der Waals surface area contributed by atoms with E-state index < -0.39 is 5.91 Å². The van der Waals surface area contributed by atoms with Gasteiger partial charge in [0.25, 0.3) is 5.91 Å². The molecule has 63 valence electrons. The summed E-state index contributed by atoms with van der Waals surface area (Å²) in [5.41, 5.74) is 10.7. The molecule has 0 fully saturated rings. The molecule has 2 nitrogen and oxygen atoms in total. The van der Waals surface area contributed by atoms with Crippen LogP contribution in [0.5, 0.6) is 0 Å². The first-order valence-electron chi connectivity index (χ1n) is 3.86. The van der Waals surface area contributed by atoms with E-state index in [1.807, 2.05) is 26.8 Å². The van der Waals surface area contributed by atoms with Crippen LogP contribution < -0.4 is 5.73 Å². The van der Waals surface area contributed by atoms with Gasteiger partial charge >= 0.3 is 0 Å². The number of carbonyl (C=O) groups excluding carboxylic acids is 1. The van der Waals surface area contributed by atoms with Gasteiger partial charge in [0.1, 0.15) is 0 Å². The van der Waals surface area contributed by atoms with E-state index in [1.54, 1.807) is 6.07 Å². The largest absolute Gasteiger partial charge is 0.269 e. The molecule has 1 amide bonds. The molecular formula is C10H12NO. The highest BCUT2D eigenvalue weighted by atomic mass is 16.1. The standard InChI is InChI=1S/C10H12NO/c1-6-4-5-9(10(11)12)8(3)7(6)2/h4-5,11H,1-3H3. The first kappa shape index (κ1) is 8.78. The minimum atomic E-state index is -0.601. The van der Waals surface area contributed by atoms with Crippen molar-refractivity contribution in [1.29, 1.82) is 0 Å². The lowest BCUT2D eigenvalue weighted by Gasteiger charge is -2.07. The van der Waals surface area contributed by atoms with Crippen LogP contribution in [-0.4, -0.2) is 5.91 Å². The lowest BCUT2D eigenvalue weighted by Crippen LogP contribution is -2.03. The highest BCUT2D eigenvalue weighted by molar-refractivity contribution is 5.94. The average molecular weight is 162 g/mol. The Morgan fingerprint density at radius 2 is 1.75 bits per heavy atom. The van der Waals surface area contributed by atoms with Gasteiger partial charge < -0.3 is 0 Å². The lowest BCUT2D eigenvalue weighted by atomic mass is 9.99. The van der Waals surface area contributed by atoms with E-state index in [0.29, 0.717) is 5.56 Å². The van der Waals surface area contributed by atoms with Crippen LogP contribution in [0.1, 0.15) is 27.0 Å². The highest BCUT2D eigenvalue weighted by Gasteiger charge is 2.07. The van der Waals surface area contributed by atoms with E-state index in [1.165, 1.54) is 0 Å². The molecule has 0 aliphatic rings. The highest BCUT2D eigenvalue weighted by Crippen LogP contribution is 2.16. The molecule has 0 saturated carbocycles. The zero-order valence-corrected chi connectivity index (χ0v) is 7.56. The molecule has 0 aliphatic heterocycles. The van der Waals surface area contributed by atoms with Crippen molar-refractivity contribution in [3.63, 3.8) is 0 Å². The molecule has 1 aromatic carbocycles. The molecule has 1 rings (SSSR count). The van der Waals surface area contributed by atoms with Gasteiger partial charge in [-0.2, -0.15) is 0 Å². The Morgan fingerprint density at radius 3 is 2.25 bits per heavy atom. The number of nitrogens with one attached hydrogen (secondary N) is 1. The molecule has 2 heteroatoms. The summed E-state index contributed by atoms with van der Waals surface area (Å²) in [6, 6.07) is 3.59. The molecule has 1 radical (unpaired) electrons. The van der Waals surface area contributed by atoms with Gasteiger partial charge in [-0.3, -0.25) is 10.5 Å². The zero-order chi connectivity index (χ0) is 9.30. The summed E-state index contributed by atoms with van der Waals surface area (Å²) in [5, 5.41) is 0. The van der Waals surface area contributed by atoms with Crippen LogP contribution in [0.2, 0.25) is 0 Å². The molecule has 1 aromatic rings. The second-order valence-corrected chi connectivity index (χ2v) is 3.01. The minimum absolute atomic E-state index is 0.512. The smallest absolute Gasteiger partial charge is 0.267 e. The fourth-order valence-electron chi connectivity index (χ4n) is 1.20. The maximum absolute atomic E-state index is 10.8. The van der Waals surface area contributed by atoms with Crippen LogP contribution in [0, 0.1) is 20.8 Å². The van der Waals surface area contributed by atoms with Crippen molar-refractivity contribution in [2.45, 2.75) is 20.8 Å². The van der Waals surface area contributed by atoms with Crippen LogP contribution >= 0.6 is 0 Å². The minimum Gasteiger partial charge on any atom is -0.267 e. The van der Waals surface area contributed by atoms with Crippen LogP contribution in [0.15, 0.2) is 12.1 Å². The summed E-state index contributed by atoms with van der Waals surface area (Å²) in [6.07, 6.45) is 0. The molecule has 1 N–H and O–H groups in total. The monoisotopic (exact) mass is 162 g/mol. The zero-order valence-electron chi connectivity index (χ0n) is 7.56. The summed E-state index contributed by atoms with van der Waals surface area (Å²) in [7, 11) is 0. The van der Waals surface area contributed by atoms with Crippen LogP contribution in [0.3, 0.4) is 0 Å². The molecule has 0 saturated heterocycles. The number of aryl methyl sites for hydroxylation is 1. The Morgan fingerprint density at radius 1 is 1.17 bits per heavy atom. The molecule has 12 heavy (non-hydrogen) atoms. The summed E-state index contributed by atoms with van der Waals surface area (Å²) >= 11 is 0. The van der Waals surface area contributed by atoms with Gasteiger partial charge in [-0.1, -0.05) is 6.07 Å². The van der Waals surface area contributed by atoms with E-state index in [9.17, 15) is 4.79 Å². The molecular weight excluding hydrogens is 150 g/mol. The maximum atomic E-state index is 10.8. The molecule has 0 atom stereocenters. The summed E-state index contributed by atoms with van der Waals surface area (Å²) in [4.78, 5) is 10.8. The Kier molecular flexibility index (Phi) is 2.18. The second-order valence-electron chi connectivity index (χ2n) is 3.01. The Labute approximate surface area is 72.4 Å². The topological polar surface area (TPSA) is 40.9 Å². The predicted octanol–water partition coefficient (Wildman–Crippen LogP) is 2.03. The van der Waals surface area contributed by atoms with Gasteiger partial charge in [-0.25, -0.2) is 0 Å². The Bertz CT molecular complexity index is 329. The summed E-state index contributed by atoms with van der Waals surface area (Å²) in [6.45, 7) is 5.85. The Hall–Kier alpha value is -1.31. The lowest BCUT2D eigenvalue weighted by molar-refractivity contribution is 0.0991. The van der Waals surface area contributed by atoms with Gasteiger partial charge in [-0.05, 0) is 43.5 Å². The number of hydrogen-bond donors (Lipinski definition) is 0. The maximum Gasteiger partial charge on any atom is 0.269 e. The normalized spacial score (nSPS) is 9.92. The number of amides is 1. The summed E-state index contributed by atoms with van der Waals surface area (Å²) < 4.78 is 0. The molecule has 0 aromatic heterocycles. The van der Waals surface area contributed by atoms with Crippen molar-refractivity contribution in [3.8, 4) is 0 Å². The quantitative estimate of drug-likeness (QED) is 0.622. The van der Waals surface area contributed by atoms with Crippen LogP contribution in [0.25, 0.3) is 0 Å². The van der Waals surface area contributed by atoms with Crippen molar-refractivity contribution in [3.05, 3.63) is 34.4 Å². The van der Waals surface area contributed by atoms with E-state index >= 15 is 0 Å². The van der Waals surface area contributed by atoms with Gasteiger partial charge in [0, 0.05) is 5.56 Å². The number of carbonyl (C=O) groups is 1. The van der Waals surface area contributed by atoms with Crippen molar-refractivity contribution in [2.24, 2.45) is 0 Å². The van der Waals surface area contributed by atoms with Crippen molar-refractivity contribution >= 4 is 5.91 Å². The fourth-order valence-corrected chi connectivity index (χ4v) is 1.20. The molecule has 0 aliphatic carbocycles. The number of rotatable bonds is 1. The van der Waals surface area contributed by atoms with Gasteiger partial charge in [0.2, 0.25) is 0 Å². The SMILES string of the molecule is Cc1ccc(C([NH])=O)c(C)c1C. The van der Waals surface area contributed by atoms with Gasteiger partial charge in [0.15, 0.2) is 0 Å². The van der Waals surface area contributed by atoms with Crippen molar-refractivity contribution in [2.75, 3.05) is 0 Å². The van der Waals surface area contributed by atoms with Gasteiger partial charge in [-0.15, -0.1) is 0 Å². The second kappa shape index (κ2) is 2.97.